The summed E-state index contributed by atoms with van der Waals surface area (Å²) in [5, 5.41) is 20.9. The van der Waals surface area contributed by atoms with E-state index < -0.39 is 5.97 Å². The molecule has 0 aromatic carbocycles. The summed E-state index contributed by atoms with van der Waals surface area (Å²) in [6.07, 6.45) is 17.7. The number of nitrogens with two attached hydrogens (primary N) is 6. The van der Waals surface area contributed by atoms with E-state index in [4.69, 9.17) is 21.8 Å². The Bertz CT molecular complexity index is 351. The molecule has 0 rings (SSSR count). The van der Waals surface area contributed by atoms with E-state index in [1.54, 1.807) is 0 Å². The first-order valence-corrected chi connectivity index (χ1v) is 14.0. The Balaban J connectivity index is -0.0000000536. The second-order valence-corrected chi connectivity index (χ2v) is 8.81. The van der Waals surface area contributed by atoms with Crippen LogP contribution in [0.1, 0.15) is 117 Å². The van der Waals surface area contributed by atoms with Gasteiger partial charge in [-0.05, 0) is 38.5 Å². The van der Waals surface area contributed by atoms with Gasteiger partial charge in [0.15, 0.2) is 0 Å². The number of carbonyl (C=O) groups is 1. The van der Waals surface area contributed by atoms with Crippen molar-refractivity contribution < 1.29 is 72.8 Å². The summed E-state index contributed by atoms with van der Waals surface area (Å²) < 4.78 is 0. The number of hydrogen-bond donors (Lipinski definition) is 4. The molecule has 0 unspecified atom stereocenters. The zero-order valence-corrected chi connectivity index (χ0v) is 30.1. The van der Waals surface area contributed by atoms with Crippen LogP contribution in [0, 0.1) is 0 Å². The summed E-state index contributed by atoms with van der Waals surface area (Å²) in [6.45, 7) is 10.9. The predicted molar refractivity (Wildman–Crippen MR) is 164 cm³/mol. The molecule has 14 heteroatoms. The van der Waals surface area contributed by atoms with Gasteiger partial charge >= 0.3 is 5.97 Å². The molecule has 0 bridgehead atoms. The average Bonchev–Trinajstić information content (AvgIpc) is 2.83. The third-order valence-electron chi connectivity index (χ3n) is 5.33. The van der Waals surface area contributed by atoms with Crippen molar-refractivity contribution in [1.82, 2.24) is 0 Å². The van der Waals surface area contributed by atoms with E-state index in [2.05, 4.69) is 29.4 Å². The molecule has 0 saturated heterocycles. The van der Waals surface area contributed by atoms with E-state index in [0.29, 0.717) is 26.1 Å². The summed E-state index contributed by atoms with van der Waals surface area (Å²) >= 11 is 0. The number of unbranched alkanes of at least 4 members (excludes halogenated alkanes) is 11. The molecule has 0 aliphatic carbocycles. The van der Waals surface area contributed by atoms with E-state index >= 15 is 0 Å². The SMILES string of the molecule is CCCCCC(=O)O.CCCCCCOO.[NH-]CCCCCC[NH2+]CC[NH2+]CCCCCC[NH-].[NH2-].[NH2-].[NH2-].[NH2-].[Pt].[Pt]. The molecule has 0 amide bonds. The molecule has 0 heterocycles. The molecule has 12 nitrogen and oxygen atoms in total. The summed E-state index contributed by atoms with van der Waals surface area (Å²) in [7, 11) is 0. The monoisotopic (exact) mass is 946 g/mol. The third-order valence-corrected chi connectivity index (χ3v) is 5.33. The quantitative estimate of drug-likeness (QED) is 0.0426. The first kappa shape index (κ1) is 63.6. The molecule has 16 N–H and O–H groups in total. The van der Waals surface area contributed by atoms with Crippen molar-refractivity contribution in [2.24, 2.45) is 0 Å². The maximum absolute atomic E-state index is 9.87. The first-order valence-electron chi connectivity index (χ1n) is 14.0. The fourth-order valence-corrected chi connectivity index (χ4v) is 3.18. The summed E-state index contributed by atoms with van der Waals surface area (Å²) in [5.74, 6) is -0.682. The number of rotatable bonds is 24. The van der Waals surface area contributed by atoms with Crippen molar-refractivity contribution in [3.63, 3.8) is 0 Å². The number of carboxylic acids is 1. The maximum atomic E-state index is 9.87. The largest absolute Gasteiger partial charge is 0.693 e. The summed E-state index contributed by atoms with van der Waals surface area (Å²) in [4.78, 5) is 13.8. The average molecular weight is 947 g/mol. The van der Waals surface area contributed by atoms with Crippen LogP contribution in [-0.2, 0) is 51.8 Å². The molecule has 40 heavy (non-hydrogen) atoms. The van der Waals surface area contributed by atoms with Crippen LogP contribution in [0.4, 0.5) is 0 Å². The second kappa shape index (κ2) is 67.2. The zero-order chi connectivity index (χ0) is 26.0. The number of quaternary nitrogens is 2. The fraction of sp³-hybridized carbons (Fsp3) is 0.962. The molecule has 0 saturated carbocycles. The van der Waals surface area contributed by atoms with Gasteiger partial charge in [0.05, 0.1) is 19.7 Å². The predicted octanol–water partition coefficient (Wildman–Crippen LogP) is 7.91. The number of nitrogens with one attached hydrogen (secondary N) is 2. The number of aliphatic carboxylic acids is 1. The minimum Gasteiger partial charge on any atom is -0.693 e. The Morgan fingerprint density at radius 2 is 0.975 bits per heavy atom. The smallest absolute Gasteiger partial charge is 0.303 e. The van der Waals surface area contributed by atoms with E-state index in [1.165, 1.54) is 77.5 Å². The summed E-state index contributed by atoms with van der Waals surface area (Å²) in [6, 6.07) is 0. The zero-order valence-electron chi connectivity index (χ0n) is 25.6. The molecule has 0 aliphatic heterocycles. The molecule has 0 spiro atoms. The van der Waals surface area contributed by atoms with Gasteiger partial charge in [-0.3, -0.25) is 10.1 Å². The molecule has 0 aromatic rings. The van der Waals surface area contributed by atoms with Gasteiger partial charge in [-0.1, -0.05) is 71.6 Å². The Kier molecular flexibility index (Phi) is 107. The van der Waals surface area contributed by atoms with E-state index in [-0.39, 0.29) is 66.7 Å². The van der Waals surface area contributed by atoms with Crippen molar-refractivity contribution in [2.75, 3.05) is 45.9 Å². The Labute approximate surface area is 276 Å². The Hall–Kier alpha value is 0.447. The van der Waals surface area contributed by atoms with Gasteiger partial charge in [-0.15, -0.1) is 0 Å². The van der Waals surface area contributed by atoms with Crippen LogP contribution in [0.3, 0.4) is 0 Å². The molecule has 0 radical (unpaired) electrons. The molecular formula is C26H68N8O4Pt2-4. The van der Waals surface area contributed by atoms with Gasteiger partial charge in [-0.25, -0.2) is 4.89 Å². The van der Waals surface area contributed by atoms with E-state index in [9.17, 15) is 4.79 Å². The van der Waals surface area contributed by atoms with Crippen LogP contribution in [0.25, 0.3) is 36.1 Å². The molecule has 0 atom stereocenters. The van der Waals surface area contributed by atoms with E-state index in [0.717, 1.165) is 44.9 Å². The van der Waals surface area contributed by atoms with Gasteiger partial charge in [-0.2, -0.15) is 13.1 Å². The maximum Gasteiger partial charge on any atom is 0.303 e. The number of hydrogen-bond acceptors (Lipinski definition) is 3. The standard InChI is InChI=1S/C14H32N4.C6H14O2.C6H12O2.4H2N.2Pt/c15-9-5-1-3-7-11-17-13-14-18-12-8-4-2-6-10-16;1-2-3-4-5-6-8-7;1-2-3-4-5-6(7)8;;;;;;/h15-18H,1-14H2;7H,2-6H2,1H3;2-5H2,1H3,(H,7,8);4*1H2;;/q-2;;;4*-1;;/p+2. The van der Waals surface area contributed by atoms with Crippen molar-refractivity contribution in [1.29, 1.82) is 0 Å². The van der Waals surface area contributed by atoms with Crippen LogP contribution >= 0.6 is 0 Å². The van der Waals surface area contributed by atoms with Crippen molar-refractivity contribution in [3.8, 4) is 0 Å². The van der Waals surface area contributed by atoms with Gasteiger partial charge in [0, 0.05) is 48.6 Å². The molecule has 0 aliphatic rings. The summed E-state index contributed by atoms with van der Waals surface area (Å²) in [5.41, 5.74) is 14.1. The topological polar surface area (TPSA) is 282 Å². The van der Waals surface area contributed by atoms with E-state index in [1.807, 2.05) is 0 Å². The van der Waals surface area contributed by atoms with Crippen LogP contribution in [-0.4, -0.2) is 62.2 Å². The molecule has 0 aromatic heterocycles. The van der Waals surface area contributed by atoms with Gasteiger partial charge < -0.3 is 51.8 Å². The van der Waals surface area contributed by atoms with Gasteiger partial charge in [0.1, 0.15) is 13.1 Å². The second-order valence-electron chi connectivity index (χ2n) is 8.81. The van der Waals surface area contributed by atoms with Gasteiger partial charge in [0.25, 0.3) is 0 Å². The normalized spacial score (nSPS) is 8.72. The van der Waals surface area contributed by atoms with Crippen LogP contribution in [0.2, 0.25) is 0 Å². The van der Waals surface area contributed by atoms with Crippen molar-refractivity contribution in [3.05, 3.63) is 36.1 Å². The molecular weight excluding hydrogens is 878 g/mol. The minimum atomic E-state index is -0.682. The van der Waals surface area contributed by atoms with Crippen LogP contribution in [0.5, 0.6) is 0 Å². The Morgan fingerprint density at radius 1 is 0.600 bits per heavy atom. The first-order chi connectivity index (χ1) is 16.6. The Morgan fingerprint density at radius 3 is 1.32 bits per heavy atom. The number of carboxylic acid groups (broad SMARTS) is 1. The molecule has 260 valence electrons. The minimum absolute atomic E-state index is 0. The third kappa shape index (κ3) is 83.3. The van der Waals surface area contributed by atoms with Crippen molar-refractivity contribution >= 4 is 5.97 Å². The van der Waals surface area contributed by atoms with Gasteiger partial charge in [0.2, 0.25) is 0 Å². The van der Waals surface area contributed by atoms with Crippen molar-refractivity contribution in [2.45, 2.75) is 117 Å². The van der Waals surface area contributed by atoms with Crippen LogP contribution in [0.15, 0.2) is 0 Å². The fourth-order valence-electron chi connectivity index (χ4n) is 3.18. The molecule has 0 fully saturated rings. The van der Waals surface area contributed by atoms with Crippen LogP contribution < -0.4 is 10.6 Å².